The van der Waals surface area contributed by atoms with Gasteiger partial charge in [0.15, 0.2) is 0 Å². The molecule has 1 aliphatic rings. The van der Waals surface area contributed by atoms with Gasteiger partial charge in [0.1, 0.15) is 11.5 Å². The predicted molar refractivity (Wildman–Crippen MR) is 93.5 cm³/mol. The Hall–Kier alpha value is -2.14. The summed E-state index contributed by atoms with van der Waals surface area (Å²) in [5, 5.41) is 7.19. The Morgan fingerprint density at radius 2 is 2.12 bits per heavy atom. The van der Waals surface area contributed by atoms with Crippen LogP contribution < -0.4 is 5.32 Å². The van der Waals surface area contributed by atoms with Crippen LogP contribution >= 0.6 is 0 Å². The quantitative estimate of drug-likeness (QED) is 0.810. The number of amides is 1. The van der Waals surface area contributed by atoms with Gasteiger partial charge < -0.3 is 9.84 Å². The normalized spacial score (nSPS) is 15.5. The number of aryl methyl sites for hydroxylation is 1. The Balaban J connectivity index is 1.44. The van der Waals surface area contributed by atoms with E-state index in [4.69, 9.17) is 4.52 Å². The van der Waals surface area contributed by atoms with Crippen LogP contribution in [-0.4, -0.2) is 41.6 Å². The number of hydrogen-bond donors (Lipinski definition) is 1. The molecule has 1 atom stereocenters. The first kappa shape index (κ1) is 16.7. The predicted octanol–water partition coefficient (Wildman–Crippen LogP) is 2.87. The van der Waals surface area contributed by atoms with Crippen LogP contribution in [0, 0.1) is 0 Å². The number of hydrogen-bond acceptors (Lipinski definition) is 4. The lowest BCUT2D eigenvalue weighted by atomic mass is 10.1. The van der Waals surface area contributed by atoms with Crippen LogP contribution in [0.2, 0.25) is 0 Å². The minimum absolute atomic E-state index is 0.0970. The number of likely N-dealkylation sites (N-methyl/N-ethyl adjacent to an activating group) is 1. The maximum atomic E-state index is 12.0. The van der Waals surface area contributed by atoms with Gasteiger partial charge in [0.05, 0.1) is 6.04 Å². The Bertz CT molecular complexity index is 664. The molecule has 0 bridgehead atoms. The van der Waals surface area contributed by atoms with Crippen molar-refractivity contribution in [1.82, 2.24) is 15.4 Å². The first-order valence-corrected chi connectivity index (χ1v) is 8.65. The van der Waals surface area contributed by atoms with Gasteiger partial charge in [0.2, 0.25) is 5.91 Å². The highest BCUT2D eigenvalue weighted by Crippen LogP contribution is 2.20. The summed E-state index contributed by atoms with van der Waals surface area (Å²) in [4.78, 5) is 14.1. The zero-order valence-electron chi connectivity index (χ0n) is 14.4. The zero-order valence-corrected chi connectivity index (χ0v) is 14.4. The summed E-state index contributed by atoms with van der Waals surface area (Å²) in [5.41, 5.74) is 1.94. The molecule has 1 amide bonds. The molecule has 1 aliphatic carbocycles. The van der Waals surface area contributed by atoms with E-state index in [1.165, 1.54) is 0 Å². The smallest absolute Gasteiger partial charge is 0.237 e. The summed E-state index contributed by atoms with van der Waals surface area (Å²) >= 11 is 0. The summed E-state index contributed by atoms with van der Waals surface area (Å²) in [6.45, 7) is 2.81. The Morgan fingerprint density at radius 3 is 2.83 bits per heavy atom. The van der Waals surface area contributed by atoms with Crippen LogP contribution in [0.1, 0.15) is 31.9 Å². The fraction of sp³-hybridized carbons (Fsp3) is 0.474. The molecule has 1 heterocycles. The molecule has 0 spiro atoms. The van der Waals surface area contributed by atoms with Crippen molar-refractivity contribution in [3.8, 4) is 11.3 Å². The minimum Gasteiger partial charge on any atom is -0.361 e. The number of nitrogens with zero attached hydrogens (tertiary/aromatic N) is 2. The highest BCUT2D eigenvalue weighted by atomic mass is 16.5. The number of carbonyl (C=O) groups is 1. The van der Waals surface area contributed by atoms with E-state index in [0.29, 0.717) is 6.04 Å². The van der Waals surface area contributed by atoms with E-state index >= 15 is 0 Å². The molecular formula is C19H25N3O2. The molecule has 1 aromatic carbocycles. The van der Waals surface area contributed by atoms with E-state index in [2.05, 4.69) is 15.4 Å². The van der Waals surface area contributed by atoms with Gasteiger partial charge in [-0.25, -0.2) is 0 Å². The number of benzene rings is 1. The minimum atomic E-state index is -0.0970. The standard InChI is InChI=1S/C19H25N3O2/c1-14(19(23)20-16-10-11-16)22(2)12-6-9-17-13-18(21-24-17)15-7-4-3-5-8-15/h3-5,7-8,13-14,16H,6,9-12H2,1-2H3,(H,20,23)/t14-/m0/s1. The summed E-state index contributed by atoms with van der Waals surface area (Å²) in [6.07, 6.45) is 4.00. The number of carbonyl (C=O) groups excluding carboxylic acids is 1. The second-order valence-electron chi connectivity index (χ2n) is 6.59. The molecule has 1 saturated carbocycles. The third-order valence-electron chi connectivity index (χ3n) is 4.53. The van der Waals surface area contributed by atoms with E-state index in [1.807, 2.05) is 50.4 Å². The third kappa shape index (κ3) is 4.45. The van der Waals surface area contributed by atoms with Crippen molar-refractivity contribution in [1.29, 1.82) is 0 Å². The Kier molecular flexibility index (Phi) is 5.30. The molecule has 24 heavy (non-hydrogen) atoms. The van der Waals surface area contributed by atoms with Crippen LogP contribution in [0.3, 0.4) is 0 Å². The second-order valence-corrected chi connectivity index (χ2v) is 6.59. The van der Waals surface area contributed by atoms with Crippen molar-refractivity contribution in [2.24, 2.45) is 0 Å². The molecule has 1 fully saturated rings. The number of aromatic nitrogens is 1. The molecule has 3 rings (SSSR count). The van der Waals surface area contributed by atoms with Crippen LogP contribution in [0.25, 0.3) is 11.3 Å². The van der Waals surface area contributed by atoms with Crippen molar-refractivity contribution in [3.63, 3.8) is 0 Å². The van der Waals surface area contributed by atoms with Crippen molar-refractivity contribution < 1.29 is 9.32 Å². The van der Waals surface area contributed by atoms with Gasteiger partial charge >= 0.3 is 0 Å². The molecule has 0 aliphatic heterocycles. The van der Waals surface area contributed by atoms with E-state index in [-0.39, 0.29) is 11.9 Å². The van der Waals surface area contributed by atoms with Gasteiger partial charge in [-0.3, -0.25) is 9.69 Å². The van der Waals surface area contributed by atoms with Crippen LogP contribution in [0.15, 0.2) is 40.9 Å². The zero-order chi connectivity index (χ0) is 16.9. The fourth-order valence-electron chi connectivity index (χ4n) is 2.62. The first-order chi connectivity index (χ1) is 11.6. The Labute approximate surface area is 143 Å². The second kappa shape index (κ2) is 7.62. The number of rotatable bonds is 8. The maximum Gasteiger partial charge on any atom is 0.237 e. The number of nitrogens with one attached hydrogen (secondary N) is 1. The molecule has 0 unspecified atom stereocenters. The van der Waals surface area contributed by atoms with Gasteiger partial charge in [-0.1, -0.05) is 35.5 Å². The molecule has 1 N–H and O–H groups in total. The van der Waals surface area contributed by atoms with Gasteiger partial charge in [0, 0.05) is 24.1 Å². The molecule has 0 saturated heterocycles. The lowest BCUT2D eigenvalue weighted by molar-refractivity contribution is -0.125. The summed E-state index contributed by atoms with van der Waals surface area (Å²) < 4.78 is 5.42. The van der Waals surface area contributed by atoms with E-state index in [1.54, 1.807) is 0 Å². The highest BCUT2D eigenvalue weighted by molar-refractivity contribution is 5.81. The van der Waals surface area contributed by atoms with Gasteiger partial charge in [-0.2, -0.15) is 0 Å². The average Bonchev–Trinajstić information content (AvgIpc) is 3.29. The first-order valence-electron chi connectivity index (χ1n) is 8.65. The van der Waals surface area contributed by atoms with Crippen molar-refractivity contribution in [3.05, 3.63) is 42.2 Å². The van der Waals surface area contributed by atoms with Crippen molar-refractivity contribution >= 4 is 5.91 Å². The lowest BCUT2D eigenvalue weighted by Crippen LogP contribution is -2.44. The van der Waals surface area contributed by atoms with Crippen LogP contribution in [0.4, 0.5) is 0 Å². The monoisotopic (exact) mass is 327 g/mol. The van der Waals surface area contributed by atoms with Crippen molar-refractivity contribution in [2.75, 3.05) is 13.6 Å². The molecule has 128 valence electrons. The molecular weight excluding hydrogens is 302 g/mol. The molecule has 1 aromatic heterocycles. The van der Waals surface area contributed by atoms with E-state index < -0.39 is 0 Å². The van der Waals surface area contributed by atoms with Crippen molar-refractivity contribution in [2.45, 2.75) is 44.7 Å². The van der Waals surface area contributed by atoms with Gasteiger partial charge in [0.25, 0.3) is 0 Å². The molecule has 0 radical (unpaired) electrons. The van der Waals surface area contributed by atoms with E-state index in [9.17, 15) is 4.79 Å². The maximum absolute atomic E-state index is 12.0. The molecule has 5 heteroatoms. The summed E-state index contributed by atoms with van der Waals surface area (Å²) in [7, 11) is 1.99. The topological polar surface area (TPSA) is 58.4 Å². The highest BCUT2D eigenvalue weighted by Gasteiger charge is 2.26. The average molecular weight is 327 g/mol. The van der Waals surface area contributed by atoms with Gasteiger partial charge in [-0.15, -0.1) is 0 Å². The van der Waals surface area contributed by atoms with Crippen LogP contribution in [-0.2, 0) is 11.2 Å². The largest absolute Gasteiger partial charge is 0.361 e. The molecule has 2 aromatic rings. The Morgan fingerprint density at radius 1 is 1.38 bits per heavy atom. The van der Waals surface area contributed by atoms with Crippen LogP contribution in [0.5, 0.6) is 0 Å². The SMILES string of the molecule is C[C@@H](C(=O)NC1CC1)N(C)CCCc1cc(-c2ccccc2)no1. The van der Waals surface area contributed by atoms with E-state index in [0.717, 1.165) is 49.2 Å². The summed E-state index contributed by atoms with van der Waals surface area (Å²) in [5.74, 6) is 1.02. The fourth-order valence-corrected chi connectivity index (χ4v) is 2.62. The third-order valence-corrected chi connectivity index (χ3v) is 4.53. The van der Waals surface area contributed by atoms with Gasteiger partial charge in [-0.05, 0) is 39.8 Å². The molecule has 5 nitrogen and oxygen atoms in total. The lowest BCUT2D eigenvalue weighted by Gasteiger charge is -2.23. The summed E-state index contributed by atoms with van der Waals surface area (Å²) in [6, 6.07) is 12.3.